The van der Waals surface area contributed by atoms with Crippen LogP contribution in [0.25, 0.3) is 5.82 Å². The molecule has 0 radical (unpaired) electrons. The maximum Gasteiger partial charge on any atom is 0.155 e. The van der Waals surface area contributed by atoms with Crippen LogP contribution in [0.5, 0.6) is 0 Å². The summed E-state index contributed by atoms with van der Waals surface area (Å²) in [6.45, 7) is 5.72. The first-order valence-electron chi connectivity index (χ1n) is 5.05. The molecule has 2 aromatic rings. The molecule has 0 saturated carbocycles. The second-order valence-electron chi connectivity index (χ2n) is 3.67. The lowest BCUT2D eigenvalue weighted by atomic mass is 10.2. The van der Waals surface area contributed by atoms with Crippen molar-refractivity contribution < 1.29 is 0 Å². The molecular formula is C11H13ClN4. The number of rotatable bonds is 2. The Morgan fingerprint density at radius 3 is 2.44 bits per heavy atom. The van der Waals surface area contributed by atoms with Gasteiger partial charge in [-0.2, -0.15) is 4.68 Å². The van der Waals surface area contributed by atoms with Crippen LogP contribution in [0.2, 0.25) is 0 Å². The zero-order chi connectivity index (χ0) is 11.7. The Balaban J connectivity index is 2.49. The highest BCUT2D eigenvalue weighted by Crippen LogP contribution is 2.13. The molecule has 16 heavy (non-hydrogen) atoms. The van der Waals surface area contributed by atoms with Crippen molar-refractivity contribution in [3.63, 3.8) is 0 Å². The minimum Gasteiger partial charge on any atom is -0.234 e. The van der Waals surface area contributed by atoms with Gasteiger partial charge in [0.05, 0.1) is 0 Å². The third kappa shape index (κ3) is 1.93. The molecule has 2 heterocycles. The quantitative estimate of drug-likeness (QED) is 0.752. The Hall–Kier alpha value is -1.42. The third-order valence-corrected chi connectivity index (χ3v) is 2.70. The van der Waals surface area contributed by atoms with Gasteiger partial charge in [0.25, 0.3) is 0 Å². The summed E-state index contributed by atoms with van der Waals surface area (Å²) >= 11 is 5.79. The van der Waals surface area contributed by atoms with Crippen LogP contribution >= 0.6 is 11.6 Å². The zero-order valence-electron chi connectivity index (χ0n) is 9.53. The predicted octanol–water partition coefficient (Wildman–Crippen LogP) is 2.33. The molecule has 0 aliphatic carbocycles. The van der Waals surface area contributed by atoms with E-state index in [1.165, 1.54) is 0 Å². The van der Waals surface area contributed by atoms with Gasteiger partial charge >= 0.3 is 0 Å². The number of aromatic nitrogens is 4. The molecule has 0 bridgehead atoms. The average Bonchev–Trinajstić information content (AvgIpc) is 2.58. The fraction of sp³-hybridized carbons (Fsp3) is 0.364. The Labute approximate surface area is 99.3 Å². The van der Waals surface area contributed by atoms with Gasteiger partial charge in [0.15, 0.2) is 5.82 Å². The van der Waals surface area contributed by atoms with E-state index in [1.807, 2.05) is 32.9 Å². The SMILES string of the molecule is Cc1nc(C)n(-c2ccc(CCl)c(C)n2)n1. The van der Waals surface area contributed by atoms with E-state index >= 15 is 0 Å². The van der Waals surface area contributed by atoms with Gasteiger partial charge in [-0.3, -0.25) is 0 Å². The normalized spacial score (nSPS) is 10.8. The van der Waals surface area contributed by atoms with Crippen molar-refractivity contribution in [1.29, 1.82) is 0 Å². The lowest BCUT2D eigenvalue weighted by Crippen LogP contribution is -2.04. The number of alkyl halides is 1. The molecule has 84 valence electrons. The molecule has 0 aromatic carbocycles. The predicted molar refractivity (Wildman–Crippen MR) is 62.9 cm³/mol. The zero-order valence-corrected chi connectivity index (χ0v) is 10.3. The minimum absolute atomic E-state index is 0.481. The van der Waals surface area contributed by atoms with Gasteiger partial charge in [0.2, 0.25) is 0 Å². The summed E-state index contributed by atoms with van der Waals surface area (Å²) in [6.07, 6.45) is 0. The Morgan fingerprint density at radius 1 is 1.19 bits per heavy atom. The highest BCUT2D eigenvalue weighted by Gasteiger charge is 2.07. The molecule has 0 amide bonds. The summed E-state index contributed by atoms with van der Waals surface area (Å²) in [7, 11) is 0. The molecule has 0 saturated heterocycles. The van der Waals surface area contributed by atoms with Gasteiger partial charge < -0.3 is 0 Å². The van der Waals surface area contributed by atoms with Gasteiger partial charge in [0, 0.05) is 11.6 Å². The maximum atomic E-state index is 5.79. The highest BCUT2D eigenvalue weighted by molar-refractivity contribution is 6.17. The molecule has 0 atom stereocenters. The summed E-state index contributed by atoms with van der Waals surface area (Å²) in [5.74, 6) is 2.85. The first-order chi connectivity index (χ1) is 7.61. The lowest BCUT2D eigenvalue weighted by molar-refractivity contribution is 0.797. The molecule has 2 rings (SSSR count). The number of hydrogen-bond acceptors (Lipinski definition) is 3. The topological polar surface area (TPSA) is 43.6 Å². The van der Waals surface area contributed by atoms with Crippen molar-refractivity contribution in [1.82, 2.24) is 19.7 Å². The van der Waals surface area contributed by atoms with Crippen LogP contribution in [-0.2, 0) is 5.88 Å². The number of pyridine rings is 1. The van der Waals surface area contributed by atoms with Gasteiger partial charge in [-0.1, -0.05) is 6.07 Å². The van der Waals surface area contributed by atoms with Crippen LogP contribution < -0.4 is 0 Å². The molecule has 0 N–H and O–H groups in total. The van der Waals surface area contributed by atoms with E-state index in [9.17, 15) is 0 Å². The molecule has 0 aliphatic rings. The molecule has 0 spiro atoms. The fourth-order valence-electron chi connectivity index (χ4n) is 1.57. The van der Waals surface area contributed by atoms with Crippen LogP contribution in [0.1, 0.15) is 22.9 Å². The highest BCUT2D eigenvalue weighted by atomic mass is 35.5. The summed E-state index contributed by atoms with van der Waals surface area (Å²) in [5.41, 5.74) is 1.97. The van der Waals surface area contributed by atoms with E-state index in [2.05, 4.69) is 15.1 Å². The second kappa shape index (κ2) is 4.22. The smallest absolute Gasteiger partial charge is 0.155 e. The molecule has 0 fully saturated rings. The minimum atomic E-state index is 0.481. The molecule has 2 aromatic heterocycles. The molecule has 5 heteroatoms. The number of nitrogens with zero attached hydrogens (tertiary/aromatic N) is 4. The van der Waals surface area contributed by atoms with Gasteiger partial charge in [-0.25, -0.2) is 9.97 Å². The van der Waals surface area contributed by atoms with Crippen molar-refractivity contribution in [2.75, 3.05) is 0 Å². The van der Waals surface area contributed by atoms with E-state index in [0.29, 0.717) is 5.88 Å². The van der Waals surface area contributed by atoms with E-state index in [4.69, 9.17) is 11.6 Å². The third-order valence-electron chi connectivity index (χ3n) is 2.42. The van der Waals surface area contributed by atoms with Gasteiger partial charge in [0.1, 0.15) is 11.6 Å². The van der Waals surface area contributed by atoms with E-state index in [-0.39, 0.29) is 0 Å². The number of hydrogen-bond donors (Lipinski definition) is 0. The van der Waals surface area contributed by atoms with Crippen LogP contribution in [-0.4, -0.2) is 19.7 Å². The van der Waals surface area contributed by atoms with Crippen molar-refractivity contribution in [2.45, 2.75) is 26.7 Å². The summed E-state index contributed by atoms with van der Waals surface area (Å²) in [5, 5.41) is 4.29. The van der Waals surface area contributed by atoms with Gasteiger partial charge in [-0.05, 0) is 32.4 Å². The van der Waals surface area contributed by atoms with Crippen LogP contribution in [0.4, 0.5) is 0 Å². The lowest BCUT2D eigenvalue weighted by Gasteiger charge is -2.05. The molecule has 4 nitrogen and oxygen atoms in total. The Morgan fingerprint density at radius 2 is 1.94 bits per heavy atom. The molecular weight excluding hydrogens is 224 g/mol. The monoisotopic (exact) mass is 236 g/mol. The Bertz CT molecular complexity index is 519. The van der Waals surface area contributed by atoms with Crippen molar-refractivity contribution in [3.8, 4) is 5.82 Å². The van der Waals surface area contributed by atoms with Crippen molar-refractivity contribution in [2.24, 2.45) is 0 Å². The second-order valence-corrected chi connectivity index (χ2v) is 3.93. The molecule has 0 aliphatic heterocycles. The van der Waals surface area contributed by atoms with Crippen LogP contribution in [0.15, 0.2) is 12.1 Å². The first-order valence-corrected chi connectivity index (χ1v) is 5.58. The van der Waals surface area contributed by atoms with E-state index < -0.39 is 0 Å². The van der Waals surface area contributed by atoms with E-state index in [0.717, 1.165) is 28.7 Å². The number of aryl methyl sites for hydroxylation is 3. The first kappa shape index (κ1) is 11.1. The van der Waals surface area contributed by atoms with Crippen molar-refractivity contribution in [3.05, 3.63) is 35.0 Å². The molecule has 0 unspecified atom stereocenters. The Kier molecular flexibility index (Phi) is 2.92. The summed E-state index contributed by atoms with van der Waals surface area (Å²) in [4.78, 5) is 8.71. The van der Waals surface area contributed by atoms with E-state index in [1.54, 1.807) is 4.68 Å². The standard InChI is InChI=1S/C11H13ClN4/c1-7-10(6-12)4-5-11(13-7)16-9(3)14-8(2)15-16/h4-5H,6H2,1-3H3. The van der Waals surface area contributed by atoms with Crippen molar-refractivity contribution >= 4 is 11.6 Å². The summed E-state index contributed by atoms with van der Waals surface area (Å²) in [6, 6.07) is 3.88. The number of halogens is 1. The van der Waals surface area contributed by atoms with Crippen LogP contribution in [0.3, 0.4) is 0 Å². The van der Waals surface area contributed by atoms with Gasteiger partial charge in [-0.15, -0.1) is 16.7 Å². The fourth-order valence-corrected chi connectivity index (χ4v) is 1.86. The summed E-state index contributed by atoms with van der Waals surface area (Å²) < 4.78 is 1.74. The maximum absolute atomic E-state index is 5.79. The average molecular weight is 237 g/mol. The van der Waals surface area contributed by atoms with Crippen LogP contribution in [0, 0.1) is 20.8 Å². The largest absolute Gasteiger partial charge is 0.234 e.